The summed E-state index contributed by atoms with van der Waals surface area (Å²) < 4.78 is 12.9. The summed E-state index contributed by atoms with van der Waals surface area (Å²) in [6.07, 6.45) is 1.49. The largest absolute Gasteiger partial charge is 0.325 e. The van der Waals surface area contributed by atoms with E-state index in [1.54, 1.807) is 24.3 Å². The van der Waals surface area contributed by atoms with Crippen LogP contribution in [0.15, 0.2) is 53.4 Å². The number of hydrogen-bond donors (Lipinski definition) is 1. The maximum atomic E-state index is 12.9. The molecule has 3 rings (SSSR count). The molecule has 1 N–H and O–H groups in total. The van der Waals surface area contributed by atoms with Crippen molar-refractivity contribution in [2.75, 3.05) is 11.9 Å². The normalized spacial score (nSPS) is 15.6. The minimum Gasteiger partial charge on any atom is -0.325 e. The fraction of sp³-hybridized carbons (Fsp3) is 0.0556. The molecule has 0 spiro atoms. The van der Waals surface area contributed by atoms with Crippen LogP contribution in [0.25, 0.3) is 6.08 Å². The molecule has 0 aliphatic carbocycles. The van der Waals surface area contributed by atoms with E-state index < -0.39 is 29.4 Å². The van der Waals surface area contributed by atoms with Crippen molar-refractivity contribution in [1.29, 1.82) is 0 Å². The summed E-state index contributed by atoms with van der Waals surface area (Å²) in [5, 5.41) is 2.59. The Bertz CT molecular complexity index is 898. The summed E-state index contributed by atoms with van der Waals surface area (Å²) in [6.45, 7) is -0.395. The smallest absolute Gasteiger partial charge is 0.294 e. The molecule has 1 aliphatic heterocycles. The Morgan fingerprint density at radius 1 is 1.12 bits per heavy atom. The average molecular weight is 391 g/mol. The highest BCUT2D eigenvalue weighted by atomic mass is 35.5. The molecule has 1 aliphatic rings. The van der Waals surface area contributed by atoms with E-state index in [1.165, 1.54) is 30.3 Å². The van der Waals surface area contributed by atoms with Crippen LogP contribution in [-0.4, -0.2) is 28.5 Å². The van der Waals surface area contributed by atoms with Crippen LogP contribution in [0.2, 0.25) is 5.02 Å². The van der Waals surface area contributed by atoms with Crippen LogP contribution < -0.4 is 5.32 Å². The Morgan fingerprint density at radius 2 is 1.77 bits per heavy atom. The van der Waals surface area contributed by atoms with Crippen molar-refractivity contribution < 1.29 is 18.8 Å². The van der Waals surface area contributed by atoms with E-state index in [4.69, 9.17) is 11.6 Å². The average Bonchev–Trinajstić information content (AvgIpc) is 2.86. The van der Waals surface area contributed by atoms with Gasteiger partial charge in [0.15, 0.2) is 0 Å². The molecular formula is C18H12ClFN2O3S. The number of nitrogens with zero attached hydrogens (tertiary/aromatic N) is 1. The lowest BCUT2D eigenvalue weighted by Crippen LogP contribution is -2.36. The highest BCUT2D eigenvalue weighted by Crippen LogP contribution is 2.32. The molecule has 0 aromatic heterocycles. The molecule has 2 aromatic rings. The Labute approximate surface area is 157 Å². The lowest BCUT2D eigenvalue weighted by Gasteiger charge is -2.12. The molecule has 1 heterocycles. The molecule has 26 heavy (non-hydrogen) atoms. The van der Waals surface area contributed by atoms with Crippen molar-refractivity contribution in [1.82, 2.24) is 4.90 Å². The Kier molecular flexibility index (Phi) is 5.39. The highest BCUT2D eigenvalue weighted by Gasteiger charge is 2.36. The number of thioether (sulfide) groups is 1. The third-order valence-electron chi connectivity index (χ3n) is 3.47. The Balaban J connectivity index is 1.67. The number of rotatable bonds is 4. The molecule has 2 aromatic carbocycles. The number of benzene rings is 2. The van der Waals surface area contributed by atoms with Gasteiger partial charge in [0.2, 0.25) is 5.91 Å². The van der Waals surface area contributed by atoms with Crippen LogP contribution in [0.4, 0.5) is 14.9 Å². The number of carbonyl (C=O) groups is 3. The quantitative estimate of drug-likeness (QED) is 0.796. The lowest BCUT2D eigenvalue weighted by molar-refractivity contribution is -0.127. The molecule has 1 fully saturated rings. The molecule has 1 saturated heterocycles. The van der Waals surface area contributed by atoms with E-state index in [2.05, 4.69) is 5.32 Å². The second-order valence-electron chi connectivity index (χ2n) is 5.37. The molecule has 0 bridgehead atoms. The molecule has 8 heteroatoms. The van der Waals surface area contributed by atoms with Gasteiger partial charge in [0.05, 0.1) is 4.91 Å². The van der Waals surface area contributed by atoms with Gasteiger partial charge >= 0.3 is 0 Å². The van der Waals surface area contributed by atoms with Crippen molar-refractivity contribution in [2.24, 2.45) is 0 Å². The van der Waals surface area contributed by atoms with E-state index in [9.17, 15) is 18.8 Å². The number of carbonyl (C=O) groups excluding carboxylic acids is 3. The van der Waals surface area contributed by atoms with E-state index in [1.807, 2.05) is 0 Å². The van der Waals surface area contributed by atoms with Crippen molar-refractivity contribution >= 4 is 52.2 Å². The van der Waals surface area contributed by atoms with Crippen LogP contribution in [-0.2, 0) is 9.59 Å². The van der Waals surface area contributed by atoms with Crippen molar-refractivity contribution in [2.45, 2.75) is 0 Å². The number of halogens is 2. The van der Waals surface area contributed by atoms with E-state index >= 15 is 0 Å². The minimum atomic E-state index is -0.560. The third-order valence-corrected chi connectivity index (χ3v) is 4.63. The zero-order valence-electron chi connectivity index (χ0n) is 13.2. The van der Waals surface area contributed by atoms with Gasteiger partial charge < -0.3 is 5.32 Å². The van der Waals surface area contributed by atoms with Crippen molar-refractivity contribution in [3.05, 3.63) is 69.8 Å². The van der Waals surface area contributed by atoms with E-state index in [0.29, 0.717) is 16.3 Å². The zero-order chi connectivity index (χ0) is 18.7. The highest BCUT2D eigenvalue weighted by molar-refractivity contribution is 8.18. The van der Waals surface area contributed by atoms with Gasteiger partial charge in [0, 0.05) is 10.7 Å². The zero-order valence-corrected chi connectivity index (χ0v) is 14.8. The van der Waals surface area contributed by atoms with Gasteiger partial charge in [-0.3, -0.25) is 19.3 Å². The molecule has 3 amide bonds. The van der Waals surface area contributed by atoms with Gasteiger partial charge in [0.1, 0.15) is 12.4 Å². The summed E-state index contributed by atoms with van der Waals surface area (Å²) in [7, 11) is 0. The second-order valence-corrected chi connectivity index (χ2v) is 6.80. The van der Waals surface area contributed by atoms with Gasteiger partial charge in [0.25, 0.3) is 11.1 Å². The van der Waals surface area contributed by atoms with Gasteiger partial charge in [-0.25, -0.2) is 4.39 Å². The summed E-state index contributed by atoms with van der Waals surface area (Å²) >= 11 is 6.51. The number of hydrogen-bond acceptors (Lipinski definition) is 4. The van der Waals surface area contributed by atoms with Gasteiger partial charge in [-0.2, -0.15) is 0 Å². The summed E-state index contributed by atoms with van der Waals surface area (Å²) in [5.74, 6) is -1.46. The number of imide groups is 1. The Hall–Kier alpha value is -2.64. The SMILES string of the molecule is O=C(CN1C(=O)S/C(=C/c2ccc(F)cc2)C1=O)Nc1ccc(Cl)cc1. The fourth-order valence-corrected chi connectivity index (χ4v) is 3.19. The van der Waals surface area contributed by atoms with Crippen molar-refractivity contribution in [3.63, 3.8) is 0 Å². The number of amides is 3. The van der Waals surface area contributed by atoms with Crippen LogP contribution in [0.1, 0.15) is 5.56 Å². The molecule has 0 atom stereocenters. The van der Waals surface area contributed by atoms with Crippen LogP contribution in [0.3, 0.4) is 0 Å². The lowest BCUT2D eigenvalue weighted by atomic mass is 10.2. The summed E-state index contributed by atoms with van der Waals surface area (Å²) in [5.41, 5.74) is 1.09. The number of anilines is 1. The third kappa shape index (κ3) is 4.30. The van der Waals surface area contributed by atoms with E-state index in [0.717, 1.165) is 16.7 Å². The first-order valence-electron chi connectivity index (χ1n) is 7.49. The first-order chi connectivity index (χ1) is 12.4. The maximum absolute atomic E-state index is 12.9. The summed E-state index contributed by atoms with van der Waals surface area (Å²) in [4.78, 5) is 37.5. The monoisotopic (exact) mass is 390 g/mol. The standard InChI is InChI=1S/C18H12ClFN2O3S/c19-12-3-7-14(8-4-12)21-16(23)10-22-17(24)15(26-18(22)25)9-11-1-5-13(20)6-2-11/h1-9H,10H2,(H,21,23)/b15-9+. The van der Waals surface area contributed by atoms with Crippen LogP contribution in [0.5, 0.6) is 0 Å². The van der Waals surface area contributed by atoms with Crippen LogP contribution in [0, 0.1) is 5.82 Å². The maximum Gasteiger partial charge on any atom is 0.294 e. The van der Waals surface area contributed by atoms with Gasteiger partial charge in [-0.05, 0) is 59.8 Å². The van der Waals surface area contributed by atoms with Gasteiger partial charge in [-0.15, -0.1) is 0 Å². The fourth-order valence-electron chi connectivity index (χ4n) is 2.22. The summed E-state index contributed by atoms with van der Waals surface area (Å²) in [6, 6.07) is 12.0. The van der Waals surface area contributed by atoms with E-state index in [-0.39, 0.29) is 4.91 Å². The predicted molar refractivity (Wildman–Crippen MR) is 99.2 cm³/mol. The first kappa shape index (κ1) is 18.2. The van der Waals surface area contributed by atoms with Gasteiger partial charge in [-0.1, -0.05) is 23.7 Å². The minimum absolute atomic E-state index is 0.181. The predicted octanol–water partition coefficient (Wildman–Crippen LogP) is 4.15. The van der Waals surface area contributed by atoms with Crippen molar-refractivity contribution in [3.8, 4) is 0 Å². The molecule has 132 valence electrons. The first-order valence-corrected chi connectivity index (χ1v) is 8.68. The Morgan fingerprint density at radius 3 is 2.42 bits per heavy atom. The molecule has 0 radical (unpaired) electrons. The molecular weight excluding hydrogens is 379 g/mol. The van der Waals surface area contributed by atoms with Crippen LogP contribution >= 0.6 is 23.4 Å². The molecule has 0 unspecified atom stereocenters. The molecule has 0 saturated carbocycles. The second kappa shape index (κ2) is 7.72. The number of nitrogens with one attached hydrogen (secondary N) is 1. The molecule has 5 nitrogen and oxygen atoms in total. The topological polar surface area (TPSA) is 66.5 Å².